The van der Waals surface area contributed by atoms with E-state index in [-0.39, 0.29) is 0 Å². The average Bonchev–Trinajstić information content (AvgIpc) is 2.62. The molecule has 1 N–H and O–H groups in total. The van der Waals surface area contributed by atoms with Gasteiger partial charge in [-0.15, -0.1) is 0 Å². The lowest BCUT2D eigenvalue weighted by Gasteiger charge is -2.18. The molecule has 24 heavy (non-hydrogen) atoms. The number of hydrogen-bond donors (Lipinski definition) is 1. The Morgan fingerprint density at radius 2 is 1.67 bits per heavy atom. The lowest BCUT2D eigenvalue weighted by atomic mass is 10.2. The zero-order chi connectivity index (χ0) is 17.7. The van der Waals surface area contributed by atoms with E-state index in [4.69, 9.17) is 21.1 Å². The van der Waals surface area contributed by atoms with Crippen LogP contribution in [-0.2, 0) is 9.59 Å². The molecule has 0 fully saturated rings. The first-order valence-corrected chi connectivity index (χ1v) is 7.41. The predicted molar refractivity (Wildman–Crippen MR) is 93.0 cm³/mol. The fourth-order valence-corrected chi connectivity index (χ4v) is 2.29. The number of amides is 2. The summed E-state index contributed by atoms with van der Waals surface area (Å²) in [5, 5.41) is 2.85. The maximum absolute atomic E-state index is 12.3. The first-order chi connectivity index (χ1) is 11.5. The highest BCUT2D eigenvalue weighted by Gasteiger charge is 2.22. The maximum Gasteiger partial charge on any atom is 0.316 e. The number of methoxy groups -OCH3 is 2. The van der Waals surface area contributed by atoms with Crippen LogP contribution in [0.15, 0.2) is 42.5 Å². The van der Waals surface area contributed by atoms with E-state index < -0.39 is 11.8 Å². The van der Waals surface area contributed by atoms with Gasteiger partial charge in [-0.3, -0.25) is 9.59 Å². The van der Waals surface area contributed by atoms with Gasteiger partial charge in [0, 0.05) is 24.9 Å². The minimum atomic E-state index is -0.802. The van der Waals surface area contributed by atoms with Gasteiger partial charge in [-0.2, -0.15) is 0 Å². The fraction of sp³-hybridized carbons (Fsp3) is 0.176. The summed E-state index contributed by atoms with van der Waals surface area (Å²) < 4.78 is 10.3. The number of likely N-dealkylation sites (N-methyl/N-ethyl adjacent to an activating group) is 1. The quantitative estimate of drug-likeness (QED) is 0.862. The molecule has 0 atom stereocenters. The van der Waals surface area contributed by atoms with E-state index in [2.05, 4.69) is 5.32 Å². The van der Waals surface area contributed by atoms with Gasteiger partial charge < -0.3 is 19.7 Å². The minimum Gasteiger partial charge on any atom is -0.495 e. The number of hydrogen-bond acceptors (Lipinski definition) is 4. The molecule has 0 saturated carbocycles. The highest BCUT2D eigenvalue weighted by atomic mass is 35.5. The molecule has 0 heterocycles. The third kappa shape index (κ3) is 3.78. The van der Waals surface area contributed by atoms with E-state index in [0.717, 1.165) is 0 Å². The second-order valence-electron chi connectivity index (χ2n) is 4.84. The van der Waals surface area contributed by atoms with Crippen LogP contribution in [0.2, 0.25) is 5.02 Å². The first-order valence-electron chi connectivity index (χ1n) is 7.03. The van der Waals surface area contributed by atoms with Crippen LogP contribution in [0.25, 0.3) is 0 Å². The van der Waals surface area contributed by atoms with Crippen molar-refractivity contribution in [1.29, 1.82) is 0 Å². The number of para-hydroxylation sites is 1. The molecule has 2 amide bonds. The van der Waals surface area contributed by atoms with Crippen molar-refractivity contribution in [2.45, 2.75) is 0 Å². The smallest absolute Gasteiger partial charge is 0.316 e. The van der Waals surface area contributed by atoms with Gasteiger partial charge in [0.25, 0.3) is 0 Å². The van der Waals surface area contributed by atoms with Crippen molar-refractivity contribution in [3.05, 3.63) is 47.5 Å². The molecule has 6 nitrogen and oxygen atoms in total. The summed E-state index contributed by atoms with van der Waals surface area (Å²) in [4.78, 5) is 25.8. The highest BCUT2D eigenvalue weighted by Crippen LogP contribution is 2.35. The molecule has 0 aromatic heterocycles. The number of rotatable bonds is 4. The highest BCUT2D eigenvalue weighted by molar-refractivity contribution is 6.44. The first kappa shape index (κ1) is 17.6. The van der Waals surface area contributed by atoms with E-state index in [1.54, 1.807) is 24.3 Å². The van der Waals surface area contributed by atoms with E-state index in [0.29, 0.717) is 27.9 Å². The number of nitrogens with zero attached hydrogens (tertiary/aromatic N) is 1. The van der Waals surface area contributed by atoms with Gasteiger partial charge in [-0.05, 0) is 12.1 Å². The number of nitrogens with one attached hydrogen (secondary N) is 1. The summed E-state index contributed by atoms with van der Waals surface area (Å²) in [7, 11) is 4.41. The van der Waals surface area contributed by atoms with E-state index in [1.165, 1.54) is 38.3 Å². The van der Waals surface area contributed by atoms with Crippen LogP contribution in [-0.4, -0.2) is 33.1 Å². The molecule has 2 rings (SSSR count). The standard InChI is InChI=1S/C17H17ClN2O4/c1-20(11-7-5-4-6-8-11)17(22)16(21)19-13-10-14(23-2)12(18)9-15(13)24-3/h4-10H,1-3H3,(H,19,21). The van der Waals surface area contributed by atoms with Crippen LogP contribution in [0.3, 0.4) is 0 Å². The van der Waals surface area contributed by atoms with Gasteiger partial charge in [0.15, 0.2) is 0 Å². The predicted octanol–water partition coefficient (Wildman–Crippen LogP) is 2.96. The van der Waals surface area contributed by atoms with E-state index >= 15 is 0 Å². The fourth-order valence-electron chi connectivity index (χ4n) is 2.06. The van der Waals surface area contributed by atoms with Crippen molar-refractivity contribution in [2.75, 3.05) is 31.5 Å². The molecule has 0 radical (unpaired) electrons. The lowest BCUT2D eigenvalue weighted by Crippen LogP contribution is -2.37. The third-order valence-corrected chi connectivity index (χ3v) is 3.66. The topological polar surface area (TPSA) is 67.9 Å². The molecule has 0 bridgehead atoms. The summed E-state index contributed by atoms with van der Waals surface area (Å²) in [6, 6.07) is 11.9. The third-order valence-electron chi connectivity index (χ3n) is 3.36. The Kier molecular flexibility index (Phi) is 5.65. The van der Waals surface area contributed by atoms with Crippen molar-refractivity contribution in [1.82, 2.24) is 0 Å². The zero-order valence-corrected chi connectivity index (χ0v) is 14.3. The van der Waals surface area contributed by atoms with Crippen molar-refractivity contribution < 1.29 is 19.1 Å². The van der Waals surface area contributed by atoms with Crippen LogP contribution in [0.1, 0.15) is 0 Å². The SMILES string of the molecule is COc1cc(NC(=O)C(=O)N(C)c2ccccc2)c(OC)cc1Cl. The van der Waals surface area contributed by atoms with Crippen LogP contribution in [0, 0.1) is 0 Å². The number of carbonyl (C=O) groups is 2. The molecular formula is C17H17ClN2O4. The van der Waals surface area contributed by atoms with Gasteiger partial charge in [0.1, 0.15) is 11.5 Å². The molecule has 0 unspecified atom stereocenters. The number of ether oxygens (including phenoxy) is 2. The molecule has 0 aliphatic rings. The molecule has 0 aliphatic carbocycles. The zero-order valence-electron chi connectivity index (χ0n) is 13.5. The monoisotopic (exact) mass is 348 g/mol. The maximum atomic E-state index is 12.3. The summed E-state index contributed by atoms with van der Waals surface area (Å²) in [5.41, 5.74) is 0.900. The van der Waals surface area contributed by atoms with Gasteiger partial charge in [-0.1, -0.05) is 29.8 Å². The summed E-state index contributed by atoms with van der Waals surface area (Å²) >= 11 is 6.02. The van der Waals surface area contributed by atoms with Crippen molar-refractivity contribution in [3.8, 4) is 11.5 Å². The molecule has 0 saturated heterocycles. The van der Waals surface area contributed by atoms with Gasteiger partial charge in [0.05, 0.1) is 24.9 Å². The lowest BCUT2D eigenvalue weighted by molar-refractivity contribution is -0.134. The van der Waals surface area contributed by atoms with Crippen LogP contribution >= 0.6 is 11.6 Å². The number of anilines is 2. The summed E-state index contributed by atoms with van der Waals surface area (Å²) in [5.74, 6) is -0.831. The molecular weight excluding hydrogens is 332 g/mol. The average molecular weight is 349 g/mol. The molecule has 2 aromatic rings. The van der Waals surface area contributed by atoms with Crippen LogP contribution in [0.4, 0.5) is 11.4 Å². The number of halogens is 1. The molecule has 7 heteroatoms. The van der Waals surface area contributed by atoms with Gasteiger partial charge >= 0.3 is 11.8 Å². The van der Waals surface area contributed by atoms with Crippen LogP contribution < -0.4 is 19.7 Å². The van der Waals surface area contributed by atoms with Crippen molar-refractivity contribution in [3.63, 3.8) is 0 Å². The number of carbonyl (C=O) groups excluding carboxylic acids is 2. The molecule has 2 aromatic carbocycles. The minimum absolute atomic E-state index is 0.290. The Hall–Kier alpha value is -2.73. The van der Waals surface area contributed by atoms with E-state index in [9.17, 15) is 9.59 Å². The Morgan fingerprint density at radius 1 is 1.04 bits per heavy atom. The van der Waals surface area contributed by atoms with Crippen molar-refractivity contribution in [2.24, 2.45) is 0 Å². The molecule has 126 valence electrons. The second-order valence-corrected chi connectivity index (χ2v) is 5.25. The summed E-state index contributed by atoms with van der Waals surface area (Å²) in [6.07, 6.45) is 0. The Bertz CT molecular complexity index is 750. The van der Waals surface area contributed by atoms with Gasteiger partial charge in [0.2, 0.25) is 0 Å². The van der Waals surface area contributed by atoms with Crippen LogP contribution in [0.5, 0.6) is 11.5 Å². The Labute approximate surface area is 144 Å². The van der Waals surface area contributed by atoms with E-state index in [1.807, 2.05) is 6.07 Å². The second kappa shape index (κ2) is 7.70. The van der Waals surface area contributed by atoms with Crippen molar-refractivity contribution >= 4 is 34.8 Å². The summed E-state index contributed by atoms with van der Waals surface area (Å²) in [6.45, 7) is 0. The number of benzene rings is 2. The molecule has 0 spiro atoms. The Balaban J connectivity index is 2.21. The largest absolute Gasteiger partial charge is 0.495 e. The Morgan fingerprint density at radius 3 is 2.25 bits per heavy atom. The van der Waals surface area contributed by atoms with Gasteiger partial charge in [-0.25, -0.2) is 0 Å². The normalized spacial score (nSPS) is 10.0. The molecule has 0 aliphatic heterocycles.